The Morgan fingerprint density at radius 1 is 1.21 bits per heavy atom. The van der Waals surface area contributed by atoms with Crippen molar-refractivity contribution < 1.29 is 13.6 Å². The van der Waals surface area contributed by atoms with E-state index in [1.807, 2.05) is 29.7 Å². The lowest BCUT2D eigenvalue weighted by molar-refractivity contribution is 0.0256. The van der Waals surface area contributed by atoms with E-state index in [0.717, 1.165) is 46.1 Å². The van der Waals surface area contributed by atoms with Gasteiger partial charge in [0.15, 0.2) is 0 Å². The summed E-state index contributed by atoms with van der Waals surface area (Å²) in [6, 6.07) is 5.91. The lowest BCUT2D eigenvalue weighted by Gasteiger charge is -2.16. The van der Waals surface area contributed by atoms with Crippen LogP contribution in [0.5, 0.6) is 0 Å². The van der Waals surface area contributed by atoms with Gasteiger partial charge in [-0.1, -0.05) is 0 Å². The van der Waals surface area contributed by atoms with Gasteiger partial charge in [0.1, 0.15) is 17.3 Å². The number of aromatic nitrogens is 5. The van der Waals surface area contributed by atoms with E-state index >= 15 is 0 Å². The van der Waals surface area contributed by atoms with E-state index in [9.17, 15) is 13.6 Å². The Hall–Kier alpha value is -4.15. The fourth-order valence-electron chi connectivity index (χ4n) is 4.89. The van der Waals surface area contributed by atoms with Gasteiger partial charge in [-0.2, -0.15) is 0 Å². The maximum absolute atomic E-state index is 13.5. The van der Waals surface area contributed by atoms with Crippen molar-refractivity contribution in [2.45, 2.75) is 51.1 Å². The summed E-state index contributed by atoms with van der Waals surface area (Å²) in [7, 11) is 0. The summed E-state index contributed by atoms with van der Waals surface area (Å²) in [5.41, 5.74) is 9.17. The van der Waals surface area contributed by atoms with Crippen LogP contribution in [0.4, 0.5) is 20.5 Å². The molecule has 1 amide bonds. The zero-order valence-electron chi connectivity index (χ0n) is 21.0. The normalized spacial score (nSPS) is 16.8. The minimum Gasteiger partial charge on any atom is -0.383 e. The van der Waals surface area contributed by atoms with Gasteiger partial charge in [0.25, 0.3) is 11.8 Å². The summed E-state index contributed by atoms with van der Waals surface area (Å²) >= 11 is 0. The first-order chi connectivity index (χ1) is 18.3. The van der Waals surface area contributed by atoms with Crippen molar-refractivity contribution in [3.63, 3.8) is 0 Å². The molecule has 1 aliphatic heterocycles. The number of nitrogen functional groups attached to an aromatic ring is 1. The highest BCUT2D eigenvalue weighted by Gasteiger charge is 2.39. The highest BCUT2D eigenvalue weighted by atomic mass is 19.3. The SMILES string of the molecule is Cc1cc2c(N)nccc2cc1CNC(=O)c1cn(Cc2cnc(N3CCC(F)(F)C3)nc2)c(C2CC2)n1. The average molecular weight is 519 g/mol. The van der Waals surface area contributed by atoms with Gasteiger partial charge in [0.05, 0.1) is 13.1 Å². The van der Waals surface area contributed by atoms with Crippen LogP contribution in [0.3, 0.4) is 0 Å². The molecular formula is C27H28F2N8O. The van der Waals surface area contributed by atoms with Gasteiger partial charge in [0.2, 0.25) is 5.95 Å². The summed E-state index contributed by atoms with van der Waals surface area (Å²) in [6.07, 6.45) is 8.62. The molecule has 0 radical (unpaired) electrons. The molecule has 3 aromatic heterocycles. The molecule has 0 bridgehead atoms. The molecular weight excluding hydrogens is 490 g/mol. The number of nitrogens with one attached hydrogen (secondary N) is 1. The van der Waals surface area contributed by atoms with Gasteiger partial charge in [-0.15, -0.1) is 0 Å². The Morgan fingerprint density at radius 3 is 2.71 bits per heavy atom. The molecule has 1 aromatic carbocycles. The fraction of sp³-hybridized carbons (Fsp3) is 0.370. The van der Waals surface area contributed by atoms with E-state index in [-0.39, 0.29) is 25.4 Å². The van der Waals surface area contributed by atoms with Crippen molar-refractivity contribution in [3.05, 3.63) is 71.2 Å². The third kappa shape index (κ3) is 4.88. The van der Waals surface area contributed by atoms with Gasteiger partial charge < -0.3 is 20.5 Å². The van der Waals surface area contributed by atoms with Gasteiger partial charge in [-0.25, -0.2) is 28.7 Å². The molecule has 11 heteroatoms. The van der Waals surface area contributed by atoms with Gasteiger partial charge in [-0.05, 0) is 54.5 Å². The molecule has 0 unspecified atom stereocenters. The molecule has 0 spiro atoms. The van der Waals surface area contributed by atoms with Crippen molar-refractivity contribution in [3.8, 4) is 0 Å². The minimum atomic E-state index is -2.70. The molecule has 6 rings (SSSR count). The summed E-state index contributed by atoms with van der Waals surface area (Å²) in [5, 5.41) is 4.85. The Labute approximate surface area is 218 Å². The van der Waals surface area contributed by atoms with Crippen LogP contribution in [-0.2, 0) is 13.1 Å². The van der Waals surface area contributed by atoms with Crippen molar-refractivity contribution in [2.75, 3.05) is 23.7 Å². The van der Waals surface area contributed by atoms with Gasteiger partial charge in [0, 0.05) is 61.2 Å². The first kappa shape index (κ1) is 24.2. The number of pyridine rings is 1. The quantitative estimate of drug-likeness (QED) is 0.382. The minimum absolute atomic E-state index is 0.185. The molecule has 4 heterocycles. The van der Waals surface area contributed by atoms with E-state index in [2.05, 4.69) is 25.3 Å². The van der Waals surface area contributed by atoms with E-state index in [1.165, 1.54) is 4.90 Å². The highest BCUT2D eigenvalue weighted by molar-refractivity contribution is 5.93. The Morgan fingerprint density at radius 2 is 2.00 bits per heavy atom. The number of aryl methyl sites for hydroxylation is 1. The monoisotopic (exact) mass is 518 g/mol. The second-order valence-electron chi connectivity index (χ2n) is 10.2. The number of alkyl halides is 2. The van der Waals surface area contributed by atoms with Crippen molar-refractivity contribution in [1.82, 2.24) is 29.8 Å². The molecule has 196 valence electrons. The van der Waals surface area contributed by atoms with Crippen molar-refractivity contribution in [1.29, 1.82) is 0 Å². The number of halogens is 2. The Balaban J connectivity index is 1.15. The van der Waals surface area contributed by atoms with E-state index in [4.69, 9.17) is 5.73 Å². The number of rotatable bonds is 7. The molecule has 2 aliphatic rings. The fourth-order valence-corrected chi connectivity index (χ4v) is 4.89. The van der Waals surface area contributed by atoms with E-state index in [1.54, 1.807) is 24.8 Å². The maximum Gasteiger partial charge on any atom is 0.271 e. The number of amides is 1. The number of nitrogens with zero attached hydrogens (tertiary/aromatic N) is 6. The number of benzene rings is 1. The summed E-state index contributed by atoms with van der Waals surface area (Å²) in [4.78, 5) is 32.0. The second-order valence-corrected chi connectivity index (χ2v) is 10.2. The molecule has 1 saturated heterocycles. The smallest absolute Gasteiger partial charge is 0.271 e. The van der Waals surface area contributed by atoms with Gasteiger partial charge >= 0.3 is 0 Å². The average Bonchev–Trinajstić information content (AvgIpc) is 3.55. The van der Waals surface area contributed by atoms with Crippen LogP contribution in [0, 0.1) is 6.92 Å². The Bertz CT molecular complexity index is 1510. The molecule has 38 heavy (non-hydrogen) atoms. The van der Waals surface area contributed by atoms with E-state index < -0.39 is 5.92 Å². The molecule has 1 aliphatic carbocycles. The molecule has 2 fully saturated rings. The Kier molecular flexibility index (Phi) is 5.93. The highest BCUT2D eigenvalue weighted by Crippen LogP contribution is 2.39. The van der Waals surface area contributed by atoms with Gasteiger partial charge in [-0.3, -0.25) is 4.79 Å². The predicted octanol–water partition coefficient (Wildman–Crippen LogP) is 3.81. The number of anilines is 2. The number of carbonyl (C=O) groups excluding carboxylic acids is 1. The summed E-state index contributed by atoms with van der Waals surface area (Å²) < 4.78 is 29.0. The molecule has 1 saturated carbocycles. The van der Waals surface area contributed by atoms with Crippen LogP contribution >= 0.6 is 0 Å². The topological polar surface area (TPSA) is 115 Å². The van der Waals surface area contributed by atoms with Crippen LogP contribution < -0.4 is 16.0 Å². The zero-order valence-corrected chi connectivity index (χ0v) is 21.0. The van der Waals surface area contributed by atoms with E-state index in [0.29, 0.717) is 36.5 Å². The first-order valence-electron chi connectivity index (χ1n) is 12.7. The largest absolute Gasteiger partial charge is 0.383 e. The number of hydrogen-bond donors (Lipinski definition) is 2. The number of carbonyl (C=O) groups is 1. The second kappa shape index (κ2) is 9.30. The first-order valence-corrected chi connectivity index (χ1v) is 12.7. The lowest BCUT2D eigenvalue weighted by atomic mass is 10.0. The van der Waals surface area contributed by atoms with Crippen LogP contribution in [-0.4, -0.2) is 49.4 Å². The summed E-state index contributed by atoms with van der Waals surface area (Å²) in [6.45, 7) is 2.67. The van der Waals surface area contributed by atoms with Crippen molar-refractivity contribution in [2.24, 2.45) is 0 Å². The zero-order chi connectivity index (χ0) is 26.4. The number of imidazole rings is 1. The van der Waals surface area contributed by atoms with Crippen LogP contribution in [0.1, 0.15) is 58.2 Å². The third-order valence-corrected chi connectivity index (χ3v) is 7.17. The number of hydrogen-bond acceptors (Lipinski definition) is 7. The van der Waals surface area contributed by atoms with Crippen LogP contribution in [0.2, 0.25) is 0 Å². The van der Waals surface area contributed by atoms with Crippen molar-refractivity contribution >= 4 is 28.4 Å². The van der Waals surface area contributed by atoms with Crippen LogP contribution in [0.15, 0.2) is 43.0 Å². The predicted molar refractivity (Wildman–Crippen MR) is 139 cm³/mol. The lowest BCUT2D eigenvalue weighted by Crippen LogP contribution is -2.26. The third-order valence-electron chi connectivity index (χ3n) is 7.17. The number of nitrogens with two attached hydrogens (primary N) is 1. The molecule has 4 aromatic rings. The standard InChI is InChI=1S/C27H28F2N8O/c1-16-8-21-19(4-6-31-23(21)30)9-20(16)12-32-25(38)22-14-37(24(35-22)18-2-3-18)13-17-10-33-26(34-11-17)36-7-5-27(28,29)15-36/h4,6,8-11,14,18H,2-3,5,7,12-13,15H2,1H3,(H2,30,31)(H,32,38). The molecule has 9 nitrogen and oxygen atoms in total. The maximum atomic E-state index is 13.5. The van der Waals surface area contributed by atoms with Crippen LogP contribution in [0.25, 0.3) is 10.8 Å². The number of fused-ring (bicyclic) bond motifs is 1. The molecule has 3 N–H and O–H groups in total. The molecule has 0 atom stereocenters. The summed E-state index contributed by atoms with van der Waals surface area (Å²) in [5.74, 6) is -0.971.